The first-order valence-corrected chi connectivity index (χ1v) is 6.95. The molecule has 98 valence electrons. The molecule has 0 saturated heterocycles. The molecule has 0 fully saturated rings. The van der Waals surface area contributed by atoms with Crippen LogP contribution >= 0.6 is 11.6 Å². The van der Waals surface area contributed by atoms with Gasteiger partial charge in [-0.1, -0.05) is 24.3 Å². The second-order valence-corrected chi connectivity index (χ2v) is 5.91. The van der Waals surface area contributed by atoms with Crippen LogP contribution in [0.4, 0.5) is 0 Å². The third-order valence-corrected chi connectivity index (χ3v) is 4.44. The number of benzene rings is 1. The quantitative estimate of drug-likeness (QED) is 0.751. The van der Waals surface area contributed by atoms with Crippen LogP contribution in [0.15, 0.2) is 24.3 Å². The standard InChI is InChI=1S/C15H20ClNO/c1-11-13-7-5-4-6-12(13)8-9-17(11)14(18)15(2,3)10-16/h4-7,11H,8-10H2,1-3H3. The first-order valence-electron chi connectivity index (χ1n) is 6.42. The van der Waals surface area contributed by atoms with Crippen molar-refractivity contribution in [1.29, 1.82) is 0 Å². The Morgan fingerprint density at radius 2 is 2.11 bits per heavy atom. The molecule has 2 nitrogen and oxygen atoms in total. The van der Waals surface area contributed by atoms with Crippen LogP contribution in [-0.4, -0.2) is 23.2 Å². The fraction of sp³-hybridized carbons (Fsp3) is 0.533. The lowest BCUT2D eigenvalue weighted by atomic mass is 9.88. The summed E-state index contributed by atoms with van der Waals surface area (Å²) in [5.41, 5.74) is 2.14. The number of carbonyl (C=O) groups is 1. The fourth-order valence-corrected chi connectivity index (χ4v) is 2.61. The van der Waals surface area contributed by atoms with Crippen LogP contribution in [0.25, 0.3) is 0 Å². The first-order chi connectivity index (χ1) is 8.47. The Kier molecular flexibility index (Phi) is 3.67. The molecule has 2 rings (SSSR count). The first kappa shape index (κ1) is 13.4. The minimum Gasteiger partial charge on any atom is -0.335 e. The molecule has 3 heteroatoms. The lowest BCUT2D eigenvalue weighted by Crippen LogP contribution is -2.46. The van der Waals surface area contributed by atoms with Gasteiger partial charge in [-0.2, -0.15) is 0 Å². The monoisotopic (exact) mass is 265 g/mol. The van der Waals surface area contributed by atoms with E-state index in [4.69, 9.17) is 11.6 Å². The maximum Gasteiger partial charge on any atom is 0.229 e. The van der Waals surface area contributed by atoms with Crippen molar-refractivity contribution in [2.24, 2.45) is 5.41 Å². The zero-order valence-corrected chi connectivity index (χ0v) is 12.0. The van der Waals surface area contributed by atoms with E-state index >= 15 is 0 Å². The molecule has 1 unspecified atom stereocenters. The van der Waals surface area contributed by atoms with Gasteiger partial charge in [0.25, 0.3) is 0 Å². The Morgan fingerprint density at radius 3 is 2.78 bits per heavy atom. The molecule has 0 aromatic heterocycles. The van der Waals surface area contributed by atoms with Gasteiger partial charge in [-0.3, -0.25) is 4.79 Å². The van der Waals surface area contributed by atoms with Crippen LogP contribution in [0.1, 0.15) is 37.9 Å². The summed E-state index contributed by atoms with van der Waals surface area (Å²) in [7, 11) is 0. The van der Waals surface area contributed by atoms with Gasteiger partial charge in [-0.25, -0.2) is 0 Å². The minimum absolute atomic E-state index is 0.143. The summed E-state index contributed by atoms with van der Waals surface area (Å²) in [6.45, 7) is 6.71. The molecule has 0 spiro atoms. The average Bonchev–Trinajstić information content (AvgIpc) is 2.39. The van der Waals surface area contributed by atoms with Gasteiger partial charge < -0.3 is 4.90 Å². The van der Waals surface area contributed by atoms with E-state index in [1.807, 2.05) is 24.8 Å². The summed E-state index contributed by atoms with van der Waals surface area (Å²) < 4.78 is 0. The summed E-state index contributed by atoms with van der Waals surface area (Å²) >= 11 is 5.91. The van der Waals surface area contributed by atoms with Crippen molar-refractivity contribution in [1.82, 2.24) is 4.90 Å². The minimum atomic E-state index is -0.484. The van der Waals surface area contributed by atoms with Crippen molar-refractivity contribution in [2.75, 3.05) is 12.4 Å². The van der Waals surface area contributed by atoms with Gasteiger partial charge in [0.1, 0.15) is 0 Å². The lowest BCUT2D eigenvalue weighted by molar-refractivity contribution is -0.141. The molecule has 0 aliphatic carbocycles. The van der Waals surface area contributed by atoms with Crippen LogP contribution in [0.5, 0.6) is 0 Å². The molecule has 1 aromatic carbocycles. The van der Waals surface area contributed by atoms with E-state index in [9.17, 15) is 4.79 Å². The number of halogens is 1. The maximum absolute atomic E-state index is 12.5. The lowest BCUT2D eigenvalue weighted by Gasteiger charge is -2.39. The molecule has 1 heterocycles. The van der Waals surface area contributed by atoms with Crippen molar-refractivity contribution in [3.8, 4) is 0 Å². The van der Waals surface area contributed by atoms with E-state index in [1.165, 1.54) is 11.1 Å². The Bertz CT molecular complexity index is 456. The predicted molar refractivity (Wildman–Crippen MR) is 74.8 cm³/mol. The average molecular weight is 266 g/mol. The number of hydrogen-bond acceptors (Lipinski definition) is 1. The van der Waals surface area contributed by atoms with Gasteiger partial charge in [0, 0.05) is 12.4 Å². The number of alkyl halides is 1. The van der Waals surface area contributed by atoms with Crippen LogP contribution in [-0.2, 0) is 11.2 Å². The Labute approximate surface area is 114 Å². The third kappa shape index (κ3) is 2.26. The van der Waals surface area contributed by atoms with Crippen molar-refractivity contribution in [2.45, 2.75) is 33.2 Å². The van der Waals surface area contributed by atoms with Crippen molar-refractivity contribution in [3.05, 3.63) is 35.4 Å². The van der Waals surface area contributed by atoms with Crippen LogP contribution in [0.2, 0.25) is 0 Å². The highest BCUT2D eigenvalue weighted by molar-refractivity contribution is 6.19. The third-order valence-electron chi connectivity index (χ3n) is 3.77. The Hall–Kier alpha value is -1.02. The fourth-order valence-electron chi connectivity index (χ4n) is 2.50. The Morgan fingerprint density at radius 1 is 1.44 bits per heavy atom. The van der Waals surface area contributed by atoms with E-state index in [0.29, 0.717) is 5.88 Å². The molecular formula is C15H20ClNO. The molecule has 0 bridgehead atoms. The summed E-state index contributed by atoms with van der Waals surface area (Å²) in [5, 5.41) is 0. The van der Waals surface area contributed by atoms with Gasteiger partial charge >= 0.3 is 0 Å². The number of fused-ring (bicyclic) bond motifs is 1. The van der Waals surface area contributed by atoms with E-state index in [1.54, 1.807) is 0 Å². The SMILES string of the molecule is CC1c2ccccc2CCN1C(=O)C(C)(C)CCl. The number of rotatable bonds is 2. The van der Waals surface area contributed by atoms with E-state index < -0.39 is 5.41 Å². The molecule has 1 aliphatic heterocycles. The van der Waals surface area contributed by atoms with E-state index in [-0.39, 0.29) is 11.9 Å². The van der Waals surface area contributed by atoms with Gasteiger partial charge in [0.05, 0.1) is 11.5 Å². The molecule has 0 saturated carbocycles. The van der Waals surface area contributed by atoms with Crippen LogP contribution < -0.4 is 0 Å². The van der Waals surface area contributed by atoms with Gasteiger partial charge in [0.2, 0.25) is 5.91 Å². The van der Waals surface area contributed by atoms with E-state index in [0.717, 1.165) is 13.0 Å². The van der Waals surface area contributed by atoms with Crippen LogP contribution in [0.3, 0.4) is 0 Å². The summed E-state index contributed by atoms with van der Waals surface area (Å²) in [5.74, 6) is 0.510. The Balaban J connectivity index is 2.27. The second kappa shape index (κ2) is 4.93. The smallest absolute Gasteiger partial charge is 0.229 e. The van der Waals surface area contributed by atoms with Gasteiger partial charge in [-0.15, -0.1) is 11.6 Å². The van der Waals surface area contributed by atoms with Crippen LogP contribution in [0, 0.1) is 5.41 Å². The summed E-state index contributed by atoms with van der Waals surface area (Å²) in [6, 6.07) is 8.51. The maximum atomic E-state index is 12.5. The van der Waals surface area contributed by atoms with Crippen molar-refractivity contribution >= 4 is 17.5 Å². The summed E-state index contributed by atoms with van der Waals surface area (Å²) in [4.78, 5) is 14.5. The van der Waals surface area contributed by atoms with Crippen molar-refractivity contribution in [3.63, 3.8) is 0 Å². The predicted octanol–water partition coefficient (Wildman–Crippen LogP) is 3.40. The highest BCUT2D eigenvalue weighted by atomic mass is 35.5. The zero-order chi connectivity index (χ0) is 13.3. The van der Waals surface area contributed by atoms with E-state index in [2.05, 4.69) is 25.1 Å². The number of carbonyl (C=O) groups excluding carboxylic acids is 1. The number of hydrogen-bond donors (Lipinski definition) is 0. The number of amides is 1. The molecule has 1 atom stereocenters. The molecular weight excluding hydrogens is 246 g/mol. The normalized spacial score (nSPS) is 19.6. The van der Waals surface area contributed by atoms with Gasteiger partial charge in [-0.05, 0) is 38.3 Å². The molecule has 18 heavy (non-hydrogen) atoms. The highest BCUT2D eigenvalue weighted by Crippen LogP contribution is 2.33. The highest BCUT2D eigenvalue weighted by Gasteiger charge is 2.35. The molecule has 0 N–H and O–H groups in total. The number of nitrogens with zero attached hydrogens (tertiary/aromatic N) is 1. The molecule has 1 aliphatic rings. The van der Waals surface area contributed by atoms with Crippen molar-refractivity contribution < 1.29 is 4.79 Å². The van der Waals surface area contributed by atoms with Gasteiger partial charge in [0.15, 0.2) is 0 Å². The zero-order valence-electron chi connectivity index (χ0n) is 11.2. The molecule has 0 radical (unpaired) electrons. The summed E-state index contributed by atoms with van der Waals surface area (Å²) in [6.07, 6.45) is 0.935. The largest absolute Gasteiger partial charge is 0.335 e. The topological polar surface area (TPSA) is 20.3 Å². The molecule has 1 aromatic rings. The molecule has 1 amide bonds. The second-order valence-electron chi connectivity index (χ2n) is 5.64.